The monoisotopic (exact) mass is 335 g/mol. The van der Waals surface area contributed by atoms with Crippen LogP contribution in [0.4, 0.5) is 5.82 Å². The predicted molar refractivity (Wildman–Crippen MR) is 98.2 cm³/mol. The predicted octanol–water partition coefficient (Wildman–Crippen LogP) is 2.64. The van der Waals surface area contributed by atoms with Crippen LogP contribution >= 0.6 is 0 Å². The number of aryl methyl sites for hydroxylation is 1. The second kappa shape index (κ2) is 6.20. The van der Waals surface area contributed by atoms with Crippen molar-refractivity contribution in [1.29, 1.82) is 0 Å². The first-order valence-electron chi connectivity index (χ1n) is 8.59. The molecular weight excluding hydrogens is 314 g/mol. The van der Waals surface area contributed by atoms with E-state index in [1.165, 1.54) is 0 Å². The van der Waals surface area contributed by atoms with Gasteiger partial charge < -0.3 is 15.6 Å². The van der Waals surface area contributed by atoms with Gasteiger partial charge in [0.15, 0.2) is 5.82 Å². The number of nitrogens with two attached hydrogens (primary N) is 1. The van der Waals surface area contributed by atoms with Crippen molar-refractivity contribution >= 4 is 22.8 Å². The van der Waals surface area contributed by atoms with Gasteiger partial charge in [0.1, 0.15) is 11.5 Å². The Morgan fingerprint density at radius 1 is 1.20 bits per heavy atom. The summed E-state index contributed by atoms with van der Waals surface area (Å²) in [5.74, 6) is 1.41. The molecule has 0 aliphatic carbocycles. The number of benzene rings is 1. The number of rotatable bonds is 3. The Morgan fingerprint density at radius 3 is 2.60 bits per heavy atom. The second-order valence-electron chi connectivity index (χ2n) is 6.62. The van der Waals surface area contributed by atoms with Crippen LogP contribution in [0.1, 0.15) is 18.5 Å². The third kappa shape index (κ3) is 2.95. The van der Waals surface area contributed by atoms with Gasteiger partial charge in [0, 0.05) is 30.3 Å². The standard InChI is InChI=1S/C19H21N5O/c1-12-11-15-18(21-12)22-17(14-5-3-2-4-6-14)23-19(15)24-9-7-13(8-10-24)16(20)25/h2-6,11,13H,7-10H2,1H3,(H2,20,25)(H,21,22,23). The lowest BCUT2D eigenvalue weighted by Crippen LogP contribution is -2.39. The van der Waals surface area contributed by atoms with Crippen LogP contribution in [0.2, 0.25) is 0 Å². The van der Waals surface area contributed by atoms with Gasteiger partial charge in [-0.05, 0) is 25.8 Å². The number of piperidine rings is 1. The van der Waals surface area contributed by atoms with Gasteiger partial charge in [0.25, 0.3) is 0 Å². The van der Waals surface area contributed by atoms with Crippen molar-refractivity contribution in [2.24, 2.45) is 11.7 Å². The van der Waals surface area contributed by atoms with Gasteiger partial charge >= 0.3 is 0 Å². The van der Waals surface area contributed by atoms with E-state index in [-0.39, 0.29) is 11.8 Å². The first-order valence-corrected chi connectivity index (χ1v) is 8.59. The molecule has 6 nitrogen and oxygen atoms in total. The third-order valence-corrected chi connectivity index (χ3v) is 4.83. The highest BCUT2D eigenvalue weighted by molar-refractivity contribution is 5.90. The maximum atomic E-state index is 11.4. The minimum absolute atomic E-state index is 0.0323. The van der Waals surface area contributed by atoms with Gasteiger partial charge in [-0.1, -0.05) is 30.3 Å². The Balaban J connectivity index is 1.76. The number of carbonyl (C=O) groups excluding carboxylic acids is 1. The molecule has 0 bridgehead atoms. The topological polar surface area (TPSA) is 87.9 Å². The molecule has 1 fully saturated rings. The van der Waals surface area contributed by atoms with Crippen molar-refractivity contribution in [2.45, 2.75) is 19.8 Å². The molecular formula is C19H21N5O. The van der Waals surface area contributed by atoms with Crippen molar-refractivity contribution in [3.8, 4) is 11.4 Å². The Morgan fingerprint density at radius 2 is 1.92 bits per heavy atom. The average molecular weight is 335 g/mol. The number of hydrogen-bond acceptors (Lipinski definition) is 4. The Hall–Kier alpha value is -2.89. The van der Waals surface area contributed by atoms with Crippen LogP contribution in [0.5, 0.6) is 0 Å². The fraction of sp³-hybridized carbons (Fsp3) is 0.316. The van der Waals surface area contributed by atoms with E-state index < -0.39 is 0 Å². The van der Waals surface area contributed by atoms with Gasteiger partial charge in [-0.2, -0.15) is 0 Å². The molecule has 3 heterocycles. The molecule has 0 radical (unpaired) electrons. The van der Waals surface area contributed by atoms with Crippen LogP contribution in [-0.2, 0) is 4.79 Å². The van der Waals surface area contributed by atoms with Crippen molar-refractivity contribution in [3.63, 3.8) is 0 Å². The SMILES string of the molecule is Cc1cc2c(N3CCC(C(N)=O)CC3)nc(-c3ccccc3)nc2[nH]1. The number of nitrogens with one attached hydrogen (secondary N) is 1. The molecule has 0 unspecified atom stereocenters. The molecule has 1 aliphatic rings. The fourth-order valence-corrected chi connectivity index (χ4v) is 3.46. The van der Waals surface area contributed by atoms with Crippen molar-refractivity contribution in [1.82, 2.24) is 15.0 Å². The maximum absolute atomic E-state index is 11.4. The summed E-state index contributed by atoms with van der Waals surface area (Å²) in [4.78, 5) is 26.5. The average Bonchev–Trinajstić information content (AvgIpc) is 3.02. The summed E-state index contributed by atoms with van der Waals surface area (Å²) in [6.45, 7) is 3.57. The van der Waals surface area contributed by atoms with Gasteiger partial charge in [-0.3, -0.25) is 4.79 Å². The van der Waals surface area contributed by atoms with E-state index in [0.717, 1.165) is 54.0 Å². The number of nitrogens with zero attached hydrogens (tertiary/aromatic N) is 3. The summed E-state index contributed by atoms with van der Waals surface area (Å²) >= 11 is 0. The van der Waals surface area contributed by atoms with Crippen LogP contribution in [0.25, 0.3) is 22.4 Å². The van der Waals surface area contributed by atoms with Crippen molar-refractivity contribution in [2.75, 3.05) is 18.0 Å². The fourth-order valence-electron chi connectivity index (χ4n) is 3.46. The first kappa shape index (κ1) is 15.6. The van der Waals surface area contributed by atoms with Crippen molar-refractivity contribution < 1.29 is 4.79 Å². The van der Waals surface area contributed by atoms with E-state index >= 15 is 0 Å². The van der Waals surface area contributed by atoms with Gasteiger partial charge in [-0.25, -0.2) is 9.97 Å². The van der Waals surface area contributed by atoms with E-state index in [9.17, 15) is 4.79 Å². The zero-order valence-corrected chi connectivity index (χ0v) is 14.2. The number of aromatic amines is 1. The lowest BCUT2D eigenvalue weighted by molar-refractivity contribution is -0.122. The molecule has 0 atom stereocenters. The van der Waals surface area contributed by atoms with E-state index in [0.29, 0.717) is 5.82 Å². The number of primary amides is 1. The van der Waals surface area contributed by atoms with E-state index in [2.05, 4.69) is 16.0 Å². The normalized spacial score (nSPS) is 15.6. The zero-order valence-electron chi connectivity index (χ0n) is 14.2. The molecule has 1 saturated heterocycles. The Kier molecular flexibility index (Phi) is 3.87. The number of amides is 1. The second-order valence-corrected chi connectivity index (χ2v) is 6.62. The molecule has 0 spiro atoms. The highest BCUT2D eigenvalue weighted by atomic mass is 16.1. The minimum atomic E-state index is -0.199. The van der Waals surface area contributed by atoms with Crippen LogP contribution in [0, 0.1) is 12.8 Å². The lowest BCUT2D eigenvalue weighted by Gasteiger charge is -2.31. The number of fused-ring (bicyclic) bond motifs is 1. The molecule has 3 aromatic rings. The molecule has 1 aromatic carbocycles. The van der Waals surface area contributed by atoms with Crippen LogP contribution in [-0.4, -0.2) is 33.9 Å². The van der Waals surface area contributed by atoms with Crippen LogP contribution in [0.3, 0.4) is 0 Å². The van der Waals surface area contributed by atoms with Gasteiger partial charge in [0.05, 0.1) is 5.39 Å². The summed E-state index contributed by atoms with van der Waals surface area (Å²) in [5.41, 5.74) is 8.35. The Bertz CT molecular complexity index is 910. The smallest absolute Gasteiger partial charge is 0.220 e. The summed E-state index contributed by atoms with van der Waals surface area (Å²) < 4.78 is 0. The van der Waals surface area contributed by atoms with E-state index in [1.54, 1.807) is 0 Å². The molecule has 2 aromatic heterocycles. The summed E-state index contributed by atoms with van der Waals surface area (Å²) in [6.07, 6.45) is 1.54. The molecule has 0 saturated carbocycles. The molecule has 4 rings (SSSR count). The van der Waals surface area contributed by atoms with Gasteiger partial charge in [0.2, 0.25) is 5.91 Å². The van der Waals surface area contributed by atoms with Crippen LogP contribution in [0.15, 0.2) is 36.4 Å². The maximum Gasteiger partial charge on any atom is 0.220 e. The zero-order chi connectivity index (χ0) is 17.4. The lowest BCUT2D eigenvalue weighted by atomic mass is 9.96. The largest absolute Gasteiger partial charge is 0.369 e. The van der Waals surface area contributed by atoms with E-state index in [4.69, 9.17) is 15.7 Å². The highest BCUT2D eigenvalue weighted by Gasteiger charge is 2.25. The molecule has 1 aliphatic heterocycles. The Labute approximate surface area is 146 Å². The highest BCUT2D eigenvalue weighted by Crippen LogP contribution is 2.30. The van der Waals surface area contributed by atoms with Crippen LogP contribution < -0.4 is 10.6 Å². The number of H-pyrrole nitrogens is 1. The number of anilines is 1. The van der Waals surface area contributed by atoms with Gasteiger partial charge in [-0.15, -0.1) is 0 Å². The molecule has 1 amide bonds. The molecule has 128 valence electrons. The summed E-state index contributed by atoms with van der Waals surface area (Å²) in [6, 6.07) is 12.1. The number of hydrogen-bond donors (Lipinski definition) is 2. The summed E-state index contributed by atoms with van der Waals surface area (Å²) in [5, 5.41) is 1.02. The quantitative estimate of drug-likeness (QED) is 0.770. The number of carbonyl (C=O) groups is 1. The molecule has 3 N–H and O–H groups in total. The molecule has 6 heteroatoms. The van der Waals surface area contributed by atoms with Crippen molar-refractivity contribution in [3.05, 3.63) is 42.1 Å². The summed E-state index contributed by atoms with van der Waals surface area (Å²) in [7, 11) is 0. The molecule has 25 heavy (non-hydrogen) atoms. The number of aromatic nitrogens is 3. The third-order valence-electron chi connectivity index (χ3n) is 4.83. The first-order chi connectivity index (χ1) is 12.1. The van der Waals surface area contributed by atoms with E-state index in [1.807, 2.05) is 37.3 Å². The minimum Gasteiger partial charge on any atom is -0.369 e.